The average Bonchev–Trinajstić information content (AvgIpc) is 2.11. The Morgan fingerprint density at radius 1 is 1.38 bits per heavy atom. The zero-order valence-electron chi connectivity index (χ0n) is 7.77. The lowest BCUT2D eigenvalue weighted by molar-refractivity contribution is 0.763. The SMILES string of the molecule is CCC(C)Nc1cc(Br)ccc1Br. The molecule has 0 saturated heterocycles. The van der Waals surface area contributed by atoms with Crippen molar-refractivity contribution in [2.75, 3.05) is 5.32 Å². The summed E-state index contributed by atoms with van der Waals surface area (Å²) in [6.45, 7) is 4.34. The fourth-order valence-electron chi connectivity index (χ4n) is 0.976. The second-order valence-electron chi connectivity index (χ2n) is 3.08. The van der Waals surface area contributed by atoms with Crippen molar-refractivity contribution in [3.63, 3.8) is 0 Å². The van der Waals surface area contributed by atoms with Crippen molar-refractivity contribution in [3.8, 4) is 0 Å². The van der Waals surface area contributed by atoms with Gasteiger partial charge in [-0.05, 0) is 47.5 Å². The molecule has 1 nitrogen and oxygen atoms in total. The maximum Gasteiger partial charge on any atom is 0.0497 e. The van der Waals surface area contributed by atoms with Crippen molar-refractivity contribution in [1.29, 1.82) is 0 Å². The maximum absolute atomic E-state index is 3.50. The van der Waals surface area contributed by atoms with E-state index in [1.165, 1.54) is 0 Å². The number of anilines is 1. The minimum absolute atomic E-state index is 0.505. The normalized spacial score (nSPS) is 12.6. The molecule has 0 aliphatic rings. The van der Waals surface area contributed by atoms with Crippen LogP contribution in [0.4, 0.5) is 5.69 Å². The summed E-state index contributed by atoms with van der Waals surface area (Å²) in [5.41, 5.74) is 1.14. The van der Waals surface area contributed by atoms with Gasteiger partial charge in [-0.25, -0.2) is 0 Å². The van der Waals surface area contributed by atoms with E-state index in [1.807, 2.05) is 12.1 Å². The molecule has 0 bridgehead atoms. The third-order valence-corrected chi connectivity index (χ3v) is 3.13. The van der Waals surface area contributed by atoms with Crippen LogP contribution in [-0.2, 0) is 0 Å². The summed E-state index contributed by atoms with van der Waals surface area (Å²) >= 11 is 6.95. The van der Waals surface area contributed by atoms with Gasteiger partial charge in [0.15, 0.2) is 0 Å². The summed E-state index contributed by atoms with van der Waals surface area (Å²) in [6, 6.07) is 6.64. The van der Waals surface area contributed by atoms with Crippen LogP contribution in [0, 0.1) is 0 Å². The highest BCUT2D eigenvalue weighted by molar-refractivity contribution is 9.11. The Kier molecular flexibility index (Phi) is 4.26. The molecule has 0 aliphatic heterocycles. The lowest BCUT2D eigenvalue weighted by Crippen LogP contribution is -2.13. The summed E-state index contributed by atoms with van der Waals surface area (Å²) in [7, 11) is 0. The van der Waals surface area contributed by atoms with Gasteiger partial charge in [-0.1, -0.05) is 22.9 Å². The van der Waals surface area contributed by atoms with Gasteiger partial charge in [0.25, 0.3) is 0 Å². The van der Waals surface area contributed by atoms with Crippen LogP contribution in [0.15, 0.2) is 27.1 Å². The van der Waals surface area contributed by atoms with Crippen molar-refractivity contribution in [2.24, 2.45) is 0 Å². The molecule has 3 heteroatoms. The predicted molar refractivity (Wildman–Crippen MR) is 65.2 cm³/mol. The average molecular weight is 307 g/mol. The molecule has 1 unspecified atom stereocenters. The Bertz CT molecular complexity index is 286. The Morgan fingerprint density at radius 2 is 2.08 bits per heavy atom. The van der Waals surface area contributed by atoms with Crippen molar-refractivity contribution in [3.05, 3.63) is 27.1 Å². The molecular formula is C10H13Br2N. The van der Waals surface area contributed by atoms with E-state index >= 15 is 0 Å². The summed E-state index contributed by atoms with van der Waals surface area (Å²) < 4.78 is 2.21. The minimum atomic E-state index is 0.505. The molecule has 0 amide bonds. The van der Waals surface area contributed by atoms with Gasteiger partial charge in [-0.3, -0.25) is 0 Å². The van der Waals surface area contributed by atoms with E-state index < -0.39 is 0 Å². The van der Waals surface area contributed by atoms with Crippen LogP contribution in [0.3, 0.4) is 0 Å². The zero-order valence-corrected chi connectivity index (χ0v) is 10.9. The molecule has 0 radical (unpaired) electrons. The molecule has 1 atom stereocenters. The van der Waals surface area contributed by atoms with E-state index in [4.69, 9.17) is 0 Å². The van der Waals surface area contributed by atoms with Gasteiger partial charge >= 0.3 is 0 Å². The highest BCUT2D eigenvalue weighted by Gasteiger charge is 2.03. The molecule has 1 rings (SSSR count). The fourth-order valence-corrected chi connectivity index (χ4v) is 1.70. The number of rotatable bonds is 3. The fraction of sp³-hybridized carbons (Fsp3) is 0.400. The smallest absolute Gasteiger partial charge is 0.0497 e. The number of nitrogens with one attached hydrogen (secondary N) is 1. The Morgan fingerprint density at radius 3 is 2.69 bits per heavy atom. The van der Waals surface area contributed by atoms with Gasteiger partial charge in [0, 0.05) is 20.7 Å². The van der Waals surface area contributed by atoms with Crippen molar-refractivity contribution < 1.29 is 0 Å². The summed E-state index contributed by atoms with van der Waals surface area (Å²) in [5.74, 6) is 0. The second-order valence-corrected chi connectivity index (χ2v) is 4.85. The third kappa shape index (κ3) is 3.31. The Labute approximate surface area is 96.2 Å². The largest absolute Gasteiger partial charge is 0.382 e. The molecule has 1 N–H and O–H groups in total. The van der Waals surface area contributed by atoms with Crippen LogP contribution in [0.5, 0.6) is 0 Å². The minimum Gasteiger partial charge on any atom is -0.382 e. The van der Waals surface area contributed by atoms with Crippen LogP contribution >= 0.6 is 31.9 Å². The molecule has 1 aromatic carbocycles. The van der Waals surface area contributed by atoms with E-state index in [9.17, 15) is 0 Å². The molecule has 0 spiro atoms. The first-order chi connectivity index (χ1) is 6.13. The van der Waals surface area contributed by atoms with E-state index in [1.54, 1.807) is 0 Å². The third-order valence-electron chi connectivity index (χ3n) is 1.94. The molecule has 0 saturated carbocycles. The lowest BCUT2D eigenvalue weighted by atomic mass is 10.2. The predicted octanol–water partition coefficient (Wildman–Crippen LogP) is 4.42. The van der Waals surface area contributed by atoms with Gasteiger partial charge in [-0.2, -0.15) is 0 Å². The monoisotopic (exact) mass is 305 g/mol. The second kappa shape index (κ2) is 5.01. The van der Waals surface area contributed by atoms with Gasteiger partial charge in [-0.15, -0.1) is 0 Å². The first kappa shape index (κ1) is 11.1. The van der Waals surface area contributed by atoms with Crippen LogP contribution in [0.2, 0.25) is 0 Å². The highest BCUT2D eigenvalue weighted by atomic mass is 79.9. The van der Waals surface area contributed by atoms with Gasteiger partial charge in [0.05, 0.1) is 0 Å². The van der Waals surface area contributed by atoms with Gasteiger partial charge in [0.2, 0.25) is 0 Å². The summed E-state index contributed by atoms with van der Waals surface area (Å²) in [6.07, 6.45) is 1.12. The van der Waals surface area contributed by atoms with E-state index in [-0.39, 0.29) is 0 Å². The van der Waals surface area contributed by atoms with E-state index in [2.05, 4.69) is 57.1 Å². The molecule has 13 heavy (non-hydrogen) atoms. The first-order valence-corrected chi connectivity index (χ1v) is 5.93. The van der Waals surface area contributed by atoms with Crippen LogP contribution < -0.4 is 5.32 Å². The molecule has 0 fully saturated rings. The standard InChI is InChI=1S/C10H13Br2N/c1-3-7(2)13-10-6-8(11)4-5-9(10)12/h4-7,13H,3H2,1-2H3. The molecule has 0 aliphatic carbocycles. The zero-order chi connectivity index (χ0) is 9.84. The molecule has 0 aromatic heterocycles. The maximum atomic E-state index is 3.50. The molecule has 72 valence electrons. The number of benzene rings is 1. The topological polar surface area (TPSA) is 12.0 Å². The molecule has 0 heterocycles. The quantitative estimate of drug-likeness (QED) is 0.871. The highest BCUT2D eigenvalue weighted by Crippen LogP contribution is 2.26. The van der Waals surface area contributed by atoms with E-state index in [0.29, 0.717) is 6.04 Å². The molecule has 1 aromatic rings. The van der Waals surface area contributed by atoms with Crippen LogP contribution in [-0.4, -0.2) is 6.04 Å². The van der Waals surface area contributed by atoms with Gasteiger partial charge < -0.3 is 5.32 Å². The van der Waals surface area contributed by atoms with Crippen molar-refractivity contribution >= 4 is 37.5 Å². The Hall–Kier alpha value is -0.0200. The Balaban J connectivity index is 2.81. The van der Waals surface area contributed by atoms with Crippen LogP contribution in [0.25, 0.3) is 0 Å². The van der Waals surface area contributed by atoms with Gasteiger partial charge in [0.1, 0.15) is 0 Å². The number of hydrogen-bond acceptors (Lipinski definition) is 1. The van der Waals surface area contributed by atoms with E-state index in [0.717, 1.165) is 21.1 Å². The summed E-state index contributed by atoms with van der Waals surface area (Å²) in [4.78, 5) is 0. The first-order valence-electron chi connectivity index (χ1n) is 4.35. The summed E-state index contributed by atoms with van der Waals surface area (Å²) in [5, 5.41) is 3.42. The number of hydrogen-bond donors (Lipinski definition) is 1. The van der Waals surface area contributed by atoms with Crippen molar-refractivity contribution in [2.45, 2.75) is 26.3 Å². The number of halogens is 2. The van der Waals surface area contributed by atoms with Crippen LogP contribution in [0.1, 0.15) is 20.3 Å². The van der Waals surface area contributed by atoms with Crippen molar-refractivity contribution in [1.82, 2.24) is 0 Å². The lowest BCUT2D eigenvalue weighted by Gasteiger charge is -2.14. The molecular weight excluding hydrogens is 294 g/mol.